The molecule has 0 N–H and O–H groups in total. The molecule has 2 bridgehead atoms. The molecule has 3 saturated heterocycles. The van der Waals surface area contributed by atoms with Gasteiger partial charge in [0.2, 0.25) is 5.91 Å². The van der Waals surface area contributed by atoms with E-state index in [1.54, 1.807) is 23.7 Å². The number of amides is 2. The van der Waals surface area contributed by atoms with Gasteiger partial charge in [0.1, 0.15) is 10.8 Å². The zero-order valence-corrected chi connectivity index (χ0v) is 21.4. The summed E-state index contributed by atoms with van der Waals surface area (Å²) in [6, 6.07) is 13.0. The number of para-hydroxylation sites is 1. The van der Waals surface area contributed by atoms with Crippen molar-refractivity contribution in [2.45, 2.75) is 25.3 Å². The molecule has 5 heterocycles. The molecule has 4 fully saturated rings. The van der Waals surface area contributed by atoms with Gasteiger partial charge in [0.25, 0.3) is 5.91 Å². The Labute approximate surface area is 220 Å². The first kappa shape index (κ1) is 24.1. The lowest BCUT2D eigenvalue weighted by Crippen LogP contribution is -2.58. The van der Waals surface area contributed by atoms with Gasteiger partial charge in [0.15, 0.2) is 6.61 Å². The first-order valence-electron chi connectivity index (χ1n) is 12.8. The number of ether oxygens (including phenoxy) is 2. The molecule has 192 valence electrons. The Hall–Kier alpha value is -3.30. The second-order valence-corrected chi connectivity index (χ2v) is 11.1. The van der Waals surface area contributed by atoms with Crippen LogP contribution in [0.25, 0.3) is 11.3 Å². The average molecular weight is 519 g/mol. The van der Waals surface area contributed by atoms with E-state index >= 15 is 0 Å². The number of nitrogens with zero attached hydrogens (tertiary/aromatic N) is 4. The number of benzene rings is 1. The minimum absolute atomic E-state index is 0.0590. The summed E-state index contributed by atoms with van der Waals surface area (Å²) in [6.07, 6.45) is 5.97. The molecular formula is C28H30N4O4S. The maximum Gasteiger partial charge on any atom is 0.261 e. The Kier molecular flexibility index (Phi) is 6.65. The van der Waals surface area contributed by atoms with Crippen LogP contribution in [0.2, 0.25) is 0 Å². The third-order valence-corrected chi connectivity index (χ3v) is 8.65. The molecule has 7 rings (SSSR count). The van der Waals surface area contributed by atoms with Gasteiger partial charge in [-0.1, -0.05) is 18.2 Å². The maximum atomic E-state index is 13.6. The van der Waals surface area contributed by atoms with Crippen LogP contribution in [0, 0.1) is 11.3 Å². The maximum absolute atomic E-state index is 13.6. The normalized spacial score (nSPS) is 25.2. The molecule has 3 aromatic rings. The molecule has 3 aliphatic heterocycles. The van der Waals surface area contributed by atoms with Crippen LogP contribution in [0.3, 0.4) is 0 Å². The second kappa shape index (κ2) is 10.2. The van der Waals surface area contributed by atoms with Gasteiger partial charge in [-0.2, -0.15) is 0 Å². The largest absolute Gasteiger partial charge is 0.484 e. The molecule has 8 nitrogen and oxygen atoms in total. The summed E-state index contributed by atoms with van der Waals surface area (Å²) in [5.74, 6) is 1.23. The number of carbonyl (C=O) groups is 2. The van der Waals surface area contributed by atoms with E-state index in [4.69, 9.17) is 14.5 Å². The van der Waals surface area contributed by atoms with E-state index in [1.165, 1.54) is 0 Å². The lowest BCUT2D eigenvalue weighted by atomic mass is 9.60. The van der Waals surface area contributed by atoms with Gasteiger partial charge < -0.3 is 19.3 Å². The summed E-state index contributed by atoms with van der Waals surface area (Å²) in [5.41, 5.74) is 1.49. The number of aromatic nitrogens is 2. The van der Waals surface area contributed by atoms with Crippen LogP contribution in [-0.2, 0) is 14.3 Å². The van der Waals surface area contributed by atoms with Gasteiger partial charge >= 0.3 is 0 Å². The van der Waals surface area contributed by atoms with Crippen LogP contribution in [0.15, 0.2) is 60.2 Å². The molecule has 1 unspecified atom stereocenters. The SMILES string of the molecule is O=C(COc1ccccc1)N1CCN(C(=O)C23COCC(C2)C3)CCC1c1nc(-c2ccncc2)cs1. The highest BCUT2D eigenvalue weighted by Gasteiger charge is 2.55. The fourth-order valence-electron chi connectivity index (χ4n) is 5.80. The number of fused-ring (bicyclic) bond motifs is 2. The van der Waals surface area contributed by atoms with E-state index in [0.29, 0.717) is 44.3 Å². The summed E-state index contributed by atoms with van der Waals surface area (Å²) in [5, 5.41) is 2.89. The van der Waals surface area contributed by atoms with Gasteiger partial charge in [0.05, 0.1) is 23.8 Å². The van der Waals surface area contributed by atoms with Gasteiger partial charge in [0, 0.05) is 49.6 Å². The molecule has 9 heteroatoms. The topological polar surface area (TPSA) is 84.9 Å². The Morgan fingerprint density at radius 2 is 1.89 bits per heavy atom. The minimum Gasteiger partial charge on any atom is -0.484 e. The van der Waals surface area contributed by atoms with Crippen molar-refractivity contribution in [3.8, 4) is 17.0 Å². The summed E-state index contributed by atoms with van der Waals surface area (Å²) >= 11 is 1.55. The molecule has 4 aliphatic rings. The molecule has 1 saturated carbocycles. The van der Waals surface area contributed by atoms with Gasteiger partial charge in [-0.25, -0.2) is 4.98 Å². The number of carbonyl (C=O) groups excluding carboxylic acids is 2. The van der Waals surface area contributed by atoms with Gasteiger partial charge in [-0.15, -0.1) is 11.3 Å². The molecule has 0 radical (unpaired) electrons. The first-order chi connectivity index (χ1) is 18.1. The van der Waals surface area contributed by atoms with Crippen molar-refractivity contribution in [3.05, 3.63) is 65.2 Å². The van der Waals surface area contributed by atoms with Gasteiger partial charge in [-0.3, -0.25) is 14.6 Å². The Bertz CT molecular complexity index is 1240. The van der Waals surface area contributed by atoms with E-state index in [0.717, 1.165) is 35.7 Å². The van der Waals surface area contributed by atoms with Crippen LogP contribution < -0.4 is 4.74 Å². The Morgan fingerprint density at radius 1 is 1.08 bits per heavy atom. The molecule has 2 amide bonds. The van der Waals surface area contributed by atoms with Crippen molar-refractivity contribution in [2.75, 3.05) is 39.5 Å². The zero-order chi connectivity index (χ0) is 25.2. The molecule has 1 aliphatic carbocycles. The lowest BCUT2D eigenvalue weighted by molar-refractivity contribution is -0.177. The summed E-state index contributed by atoms with van der Waals surface area (Å²) in [4.78, 5) is 39.9. The predicted octanol–water partition coefficient (Wildman–Crippen LogP) is 3.81. The fourth-order valence-corrected chi connectivity index (χ4v) is 6.78. The highest BCUT2D eigenvalue weighted by atomic mass is 32.1. The number of pyridine rings is 1. The van der Waals surface area contributed by atoms with Crippen LogP contribution in [0.5, 0.6) is 5.75 Å². The van der Waals surface area contributed by atoms with Crippen molar-refractivity contribution in [1.82, 2.24) is 19.8 Å². The zero-order valence-electron chi connectivity index (χ0n) is 20.6. The summed E-state index contributed by atoms with van der Waals surface area (Å²) < 4.78 is 11.5. The highest BCUT2D eigenvalue weighted by Crippen LogP contribution is 2.51. The fraction of sp³-hybridized carbons (Fsp3) is 0.429. The number of hydrogen-bond donors (Lipinski definition) is 0. The Balaban J connectivity index is 1.22. The van der Waals surface area contributed by atoms with E-state index in [9.17, 15) is 9.59 Å². The van der Waals surface area contributed by atoms with Crippen LogP contribution in [0.1, 0.15) is 30.3 Å². The number of rotatable bonds is 6. The lowest BCUT2D eigenvalue weighted by Gasteiger charge is -2.52. The van der Waals surface area contributed by atoms with Crippen molar-refractivity contribution in [2.24, 2.45) is 11.3 Å². The van der Waals surface area contributed by atoms with Gasteiger partial charge in [-0.05, 0) is 49.4 Å². The third-order valence-electron chi connectivity index (χ3n) is 7.70. The van der Waals surface area contributed by atoms with Crippen LogP contribution in [0.4, 0.5) is 0 Å². The minimum atomic E-state index is -0.371. The summed E-state index contributed by atoms with van der Waals surface area (Å²) in [7, 11) is 0. The van der Waals surface area contributed by atoms with E-state index in [2.05, 4.69) is 4.98 Å². The molecule has 1 atom stereocenters. The van der Waals surface area contributed by atoms with E-state index < -0.39 is 0 Å². The molecule has 1 aromatic carbocycles. The summed E-state index contributed by atoms with van der Waals surface area (Å²) in [6.45, 7) is 2.75. The third kappa shape index (κ3) is 4.85. The van der Waals surface area contributed by atoms with E-state index in [-0.39, 0.29) is 29.9 Å². The van der Waals surface area contributed by atoms with Crippen molar-refractivity contribution in [3.63, 3.8) is 0 Å². The monoisotopic (exact) mass is 518 g/mol. The quantitative estimate of drug-likeness (QED) is 0.493. The van der Waals surface area contributed by atoms with Crippen molar-refractivity contribution < 1.29 is 19.1 Å². The number of hydrogen-bond acceptors (Lipinski definition) is 7. The second-order valence-electron chi connectivity index (χ2n) is 10.2. The van der Waals surface area contributed by atoms with Crippen molar-refractivity contribution in [1.29, 1.82) is 0 Å². The van der Waals surface area contributed by atoms with E-state index in [1.807, 2.05) is 57.6 Å². The average Bonchev–Trinajstić information content (AvgIpc) is 3.32. The molecule has 2 aromatic heterocycles. The smallest absolute Gasteiger partial charge is 0.261 e. The van der Waals surface area contributed by atoms with Crippen LogP contribution in [-0.4, -0.2) is 71.0 Å². The first-order valence-corrected chi connectivity index (χ1v) is 13.7. The molecule has 37 heavy (non-hydrogen) atoms. The molecule has 0 spiro atoms. The standard InChI is InChI=1S/C28H30N4O4S/c33-25(17-36-22-4-2-1-3-5-22)32-13-12-31(27(34)28-14-20(15-28)16-35-19-28)11-8-24(32)26-30-23(18-37-26)21-6-9-29-10-7-21/h1-7,9-10,18,20,24H,8,11-17,19H2. The Morgan fingerprint density at radius 3 is 2.65 bits per heavy atom. The van der Waals surface area contributed by atoms with Crippen LogP contribution >= 0.6 is 11.3 Å². The predicted molar refractivity (Wildman–Crippen MR) is 139 cm³/mol. The number of thiazole rings is 1. The highest BCUT2D eigenvalue weighted by molar-refractivity contribution is 7.10. The molecular weight excluding hydrogens is 488 g/mol. The van der Waals surface area contributed by atoms with Crippen molar-refractivity contribution >= 4 is 23.2 Å².